The van der Waals surface area contributed by atoms with Gasteiger partial charge >= 0.3 is 19.1 Å². The Kier molecular flexibility index (Phi) is 10.2. The number of fused-ring (bicyclic) bond motifs is 2. The third-order valence-corrected chi connectivity index (χ3v) is 6.67. The van der Waals surface area contributed by atoms with Gasteiger partial charge in [0.05, 0.1) is 11.1 Å². The molecule has 0 fully saturated rings. The molecule has 0 atom stereocenters. The van der Waals surface area contributed by atoms with Crippen molar-refractivity contribution in [1.29, 1.82) is 0 Å². The molecule has 12 heteroatoms. The number of carbonyl (C=O) groups is 2. The van der Waals surface area contributed by atoms with E-state index in [1.165, 1.54) is 30.3 Å². The SMILES string of the molecule is O=C(O)c1cccc(-c2cc(O)c3ncccc3c2)c1.O=C(O)c1cccc(B(O)O)c1.Oc1cc(Br)cc2cccnc12. The molecule has 2 aromatic heterocycles. The molecule has 0 aliphatic heterocycles. The number of aromatic hydroxyl groups is 2. The number of hydrogen-bond donors (Lipinski definition) is 6. The van der Waals surface area contributed by atoms with Crippen LogP contribution in [0.2, 0.25) is 0 Å². The van der Waals surface area contributed by atoms with E-state index in [9.17, 15) is 19.8 Å². The van der Waals surface area contributed by atoms with Crippen LogP contribution in [0.25, 0.3) is 32.9 Å². The summed E-state index contributed by atoms with van der Waals surface area (Å²) in [6.07, 6.45) is 3.28. The number of aromatic nitrogens is 2. The summed E-state index contributed by atoms with van der Waals surface area (Å²) >= 11 is 3.30. The highest BCUT2D eigenvalue weighted by atomic mass is 79.9. The van der Waals surface area contributed by atoms with E-state index >= 15 is 0 Å². The van der Waals surface area contributed by atoms with E-state index in [0.717, 1.165) is 26.4 Å². The molecule has 0 radical (unpaired) electrons. The standard InChI is InChI=1S/C16H11NO3.C9H6BrNO.C7H7BO4/c18-14-9-13(8-11-5-2-6-17-15(11)14)10-3-1-4-12(7-10)16(19)20;10-7-4-6-2-1-3-11-9(6)8(12)5-7;9-7(10)5-2-1-3-6(4-5)8(11)12/h1-9,18H,(H,19,20);1-5,12H;1-4,11-12H,(H,9,10). The van der Waals surface area contributed by atoms with Crippen LogP contribution < -0.4 is 5.46 Å². The van der Waals surface area contributed by atoms with E-state index in [-0.39, 0.29) is 28.1 Å². The lowest BCUT2D eigenvalue weighted by Crippen LogP contribution is -2.30. The minimum Gasteiger partial charge on any atom is -0.506 e. The van der Waals surface area contributed by atoms with Gasteiger partial charge in [0, 0.05) is 27.6 Å². The van der Waals surface area contributed by atoms with Gasteiger partial charge in [-0.05, 0) is 77.3 Å². The number of phenolic OH excluding ortho intramolecular Hbond substituents is 2. The predicted octanol–water partition coefficient (Wildman–Crippen LogP) is 5.07. The summed E-state index contributed by atoms with van der Waals surface area (Å²) in [6, 6.07) is 26.5. The first-order valence-corrected chi connectivity index (χ1v) is 13.7. The fourth-order valence-electron chi connectivity index (χ4n) is 4.14. The van der Waals surface area contributed by atoms with Crippen molar-refractivity contribution in [2.24, 2.45) is 0 Å². The van der Waals surface area contributed by atoms with Crippen LogP contribution in [0.4, 0.5) is 0 Å². The van der Waals surface area contributed by atoms with Crippen LogP contribution in [0, 0.1) is 0 Å². The summed E-state index contributed by atoms with van der Waals surface area (Å²) in [5.41, 5.74) is 3.10. The average molecular weight is 655 g/mol. The lowest BCUT2D eigenvalue weighted by molar-refractivity contribution is 0.0686. The molecular weight excluding hydrogens is 631 g/mol. The van der Waals surface area contributed by atoms with Gasteiger partial charge in [-0.3, -0.25) is 9.97 Å². The molecule has 0 bridgehead atoms. The summed E-state index contributed by atoms with van der Waals surface area (Å²) < 4.78 is 0.862. The van der Waals surface area contributed by atoms with Crippen LogP contribution in [-0.4, -0.2) is 59.5 Å². The number of phenols is 2. The highest BCUT2D eigenvalue weighted by Gasteiger charge is 2.12. The number of halogens is 1. The second-order valence-electron chi connectivity index (χ2n) is 9.26. The van der Waals surface area contributed by atoms with Crippen molar-refractivity contribution in [2.75, 3.05) is 0 Å². The van der Waals surface area contributed by atoms with Gasteiger partial charge in [-0.25, -0.2) is 9.59 Å². The van der Waals surface area contributed by atoms with Crippen LogP contribution in [0.1, 0.15) is 20.7 Å². The maximum Gasteiger partial charge on any atom is 0.488 e. The third kappa shape index (κ3) is 7.95. The topological polar surface area (TPSA) is 181 Å². The molecule has 44 heavy (non-hydrogen) atoms. The Morgan fingerprint density at radius 1 is 0.614 bits per heavy atom. The number of pyridine rings is 2. The zero-order valence-electron chi connectivity index (χ0n) is 22.7. The normalized spacial score (nSPS) is 10.2. The molecule has 0 saturated carbocycles. The minimum absolute atomic E-state index is 0.0422. The molecule has 10 nitrogen and oxygen atoms in total. The van der Waals surface area contributed by atoms with Gasteiger partial charge in [-0.15, -0.1) is 0 Å². The van der Waals surface area contributed by atoms with Gasteiger partial charge in [0.2, 0.25) is 0 Å². The summed E-state index contributed by atoms with van der Waals surface area (Å²) in [4.78, 5) is 29.6. The van der Waals surface area contributed by atoms with E-state index < -0.39 is 19.1 Å². The van der Waals surface area contributed by atoms with Gasteiger partial charge in [0.15, 0.2) is 0 Å². The molecule has 6 rings (SSSR count). The fourth-order valence-corrected chi connectivity index (χ4v) is 4.60. The third-order valence-electron chi connectivity index (χ3n) is 6.21. The predicted molar refractivity (Wildman–Crippen MR) is 170 cm³/mol. The second kappa shape index (κ2) is 14.3. The minimum atomic E-state index is -1.62. The second-order valence-corrected chi connectivity index (χ2v) is 10.2. The van der Waals surface area contributed by atoms with E-state index in [1.807, 2.05) is 36.4 Å². The average Bonchev–Trinajstić information content (AvgIpc) is 3.01. The Morgan fingerprint density at radius 3 is 1.75 bits per heavy atom. The fraction of sp³-hybridized carbons (Fsp3) is 0. The van der Waals surface area contributed by atoms with Crippen LogP contribution in [-0.2, 0) is 0 Å². The lowest BCUT2D eigenvalue weighted by Gasteiger charge is -2.06. The number of benzene rings is 4. The molecule has 0 spiro atoms. The summed E-state index contributed by atoms with van der Waals surface area (Å²) in [7, 11) is -1.62. The molecule has 4 aromatic carbocycles. The van der Waals surface area contributed by atoms with Crippen LogP contribution >= 0.6 is 15.9 Å². The van der Waals surface area contributed by atoms with Crippen LogP contribution in [0.5, 0.6) is 11.5 Å². The molecule has 0 saturated heterocycles. The van der Waals surface area contributed by atoms with E-state index in [4.69, 9.17) is 20.3 Å². The molecule has 2 heterocycles. The summed E-state index contributed by atoms with van der Waals surface area (Å²) in [5.74, 6) is -1.77. The van der Waals surface area contributed by atoms with Gasteiger partial charge < -0.3 is 30.5 Å². The highest BCUT2D eigenvalue weighted by Crippen LogP contribution is 2.31. The quantitative estimate of drug-likeness (QED) is 0.140. The van der Waals surface area contributed by atoms with E-state index in [0.29, 0.717) is 11.0 Å². The Morgan fingerprint density at radius 2 is 1.16 bits per heavy atom. The number of hydrogen-bond acceptors (Lipinski definition) is 8. The molecule has 220 valence electrons. The van der Waals surface area contributed by atoms with Crippen molar-refractivity contribution in [3.8, 4) is 22.6 Å². The van der Waals surface area contributed by atoms with Gasteiger partial charge in [-0.1, -0.05) is 52.3 Å². The molecule has 0 unspecified atom stereocenters. The van der Waals surface area contributed by atoms with Crippen molar-refractivity contribution in [2.45, 2.75) is 0 Å². The Balaban J connectivity index is 0.000000160. The van der Waals surface area contributed by atoms with E-state index in [2.05, 4.69) is 25.9 Å². The number of nitrogens with zero attached hydrogens (tertiary/aromatic N) is 2. The molecule has 0 amide bonds. The van der Waals surface area contributed by atoms with E-state index in [1.54, 1.807) is 42.7 Å². The first kappa shape index (κ1) is 31.6. The molecular formula is C32H24BBrN2O8. The maximum absolute atomic E-state index is 11.0. The largest absolute Gasteiger partial charge is 0.506 e. The maximum atomic E-state index is 11.0. The number of carboxylic acid groups (broad SMARTS) is 2. The van der Waals surface area contributed by atoms with Crippen LogP contribution in [0.3, 0.4) is 0 Å². The monoisotopic (exact) mass is 654 g/mol. The zero-order chi connectivity index (χ0) is 31.8. The Bertz CT molecular complexity index is 1970. The number of carboxylic acids is 2. The Labute approximate surface area is 259 Å². The van der Waals surface area contributed by atoms with Crippen molar-refractivity contribution >= 4 is 62.3 Å². The molecule has 6 aromatic rings. The number of rotatable bonds is 4. The molecule has 0 aliphatic rings. The summed E-state index contributed by atoms with van der Waals surface area (Å²) in [6.45, 7) is 0. The lowest BCUT2D eigenvalue weighted by atomic mass is 9.80. The van der Waals surface area contributed by atoms with Crippen molar-refractivity contribution in [1.82, 2.24) is 9.97 Å². The first-order valence-electron chi connectivity index (χ1n) is 12.9. The van der Waals surface area contributed by atoms with Gasteiger partial charge in [0.25, 0.3) is 0 Å². The Hall–Kier alpha value is -5.30. The summed E-state index contributed by atoms with van der Waals surface area (Å²) in [5, 5.41) is 56.2. The van der Waals surface area contributed by atoms with Crippen molar-refractivity contribution in [3.63, 3.8) is 0 Å². The first-order chi connectivity index (χ1) is 21.0. The van der Waals surface area contributed by atoms with Gasteiger partial charge in [0.1, 0.15) is 22.5 Å². The smallest absolute Gasteiger partial charge is 0.488 e. The van der Waals surface area contributed by atoms with Crippen molar-refractivity contribution in [3.05, 3.63) is 125 Å². The highest BCUT2D eigenvalue weighted by molar-refractivity contribution is 9.10. The number of aromatic carboxylic acids is 2. The molecule has 0 aliphatic carbocycles. The zero-order valence-corrected chi connectivity index (χ0v) is 24.3. The van der Waals surface area contributed by atoms with Gasteiger partial charge in [-0.2, -0.15) is 0 Å². The van der Waals surface area contributed by atoms with Crippen molar-refractivity contribution < 1.29 is 40.1 Å². The van der Waals surface area contributed by atoms with Crippen LogP contribution in [0.15, 0.2) is 114 Å². The molecule has 6 N–H and O–H groups in total.